The van der Waals surface area contributed by atoms with Crippen molar-refractivity contribution in [3.8, 4) is 11.3 Å². The van der Waals surface area contributed by atoms with E-state index in [0.29, 0.717) is 0 Å². The fraction of sp³-hybridized carbons (Fsp3) is 0.125. The topological polar surface area (TPSA) is 17.8 Å². The van der Waals surface area contributed by atoms with Crippen molar-refractivity contribution in [2.45, 2.75) is 20.4 Å². The molecule has 2 aromatic heterocycles. The summed E-state index contributed by atoms with van der Waals surface area (Å²) in [5.41, 5.74) is 7.05. The Bertz CT molecular complexity index is 1260. The van der Waals surface area contributed by atoms with E-state index < -0.39 is 0 Å². The first-order valence-electron chi connectivity index (χ1n) is 9.14. The lowest BCUT2D eigenvalue weighted by Gasteiger charge is -2.08. The molecule has 2 nitrogen and oxygen atoms in total. The fourth-order valence-electron chi connectivity index (χ4n) is 3.94. The summed E-state index contributed by atoms with van der Waals surface area (Å²) in [6.07, 6.45) is 0. The summed E-state index contributed by atoms with van der Waals surface area (Å²) < 4.78 is 2.39. The highest BCUT2D eigenvalue weighted by Gasteiger charge is 2.13. The van der Waals surface area contributed by atoms with Gasteiger partial charge in [0.15, 0.2) is 0 Å². The van der Waals surface area contributed by atoms with E-state index in [1.165, 1.54) is 32.8 Å². The lowest BCUT2D eigenvalue weighted by Crippen LogP contribution is -1.95. The van der Waals surface area contributed by atoms with E-state index in [1.807, 2.05) is 0 Å². The number of rotatable bonds is 2. The van der Waals surface area contributed by atoms with Gasteiger partial charge in [0, 0.05) is 33.8 Å². The molecule has 0 amide bonds. The van der Waals surface area contributed by atoms with Gasteiger partial charge in [0.2, 0.25) is 0 Å². The van der Waals surface area contributed by atoms with Crippen molar-refractivity contribution >= 4 is 32.7 Å². The maximum atomic E-state index is 5.09. The number of hydrogen-bond acceptors (Lipinski definition) is 1. The first-order chi connectivity index (χ1) is 12.8. The lowest BCUT2D eigenvalue weighted by molar-refractivity contribution is 0.829. The van der Waals surface area contributed by atoms with E-state index in [-0.39, 0.29) is 0 Å². The smallest absolute Gasteiger partial charge is 0.0952 e. The maximum absolute atomic E-state index is 5.09. The maximum Gasteiger partial charge on any atom is 0.0952 e. The first kappa shape index (κ1) is 15.2. The molecule has 0 N–H and O–H groups in total. The Morgan fingerprint density at radius 3 is 2.38 bits per heavy atom. The predicted octanol–water partition coefficient (Wildman–Crippen LogP) is 6.34. The van der Waals surface area contributed by atoms with Gasteiger partial charge in [0.1, 0.15) is 0 Å². The highest BCUT2D eigenvalue weighted by Crippen LogP contribution is 2.34. The van der Waals surface area contributed by atoms with Gasteiger partial charge < -0.3 is 4.57 Å². The van der Waals surface area contributed by atoms with Crippen LogP contribution in [0.15, 0.2) is 72.8 Å². The number of aromatic nitrogens is 2. The van der Waals surface area contributed by atoms with Crippen molar-refractivity contribution < 1.29 is 0 Å². The molecular weight excluding hydrogens is 316 g/mol. The second-order valence-corrected chi connectivity index (χ2v) is 6.86. The third kappa shape index (κ3) is 2.15. The van der Waals surface area contributed by atoms with Gasteiger partial charge in [-0.05, 0) is 26.0 Å². The number of benzene rings is 3. The summed E-state index contributed by atoms with van der Waals surface area (Å²) in [6, 6.07) is 26.0. The van der Waals surface area contributed by atoms with Crippen LogP contribution < -0.4 is 0 Å². The molecule has 0 aliphatic rings. The molecule has 0 unspecified atom stereocenters. The molecule has 0 saturated carbocycles. The SMILES string of the molecule is CCn1c2ccccc2c2ccc3ccc(-c4ccc(C)cc4)nc3c21. The number of nitrogens with zero attached hydrogens (tertiary/aromatic N) is 2. The number of fused-ring (bicyclic) bond motifs is 5. The molecule has 0 saturated heterocycles. The van der Waals surface area contributed by atoms with Crippen molar-refractivity contribution in [3.63, 3.8) is 0 Å². The van der Waals surface area contributed by atoms with E-state index >= 15 is 0 Å². The van der Waals surface area contributed by atoms with Crippen LogP contribution in [-0.4, -0.2) is 9.55 Å². The Hall–Kier alpha value is -3.13. The molecule has 2 heteroatoms. The minimum absolute atomic E-state index is 0.930. The van der Waals surface area contributed by atoms with Crippen LogP contribution in [0.3, 0.4) is 0 Å². The van der Waals surface area contributed by atoms with Crippen molar-refractivity contribution in [2.24, 2.45) is 0 Å². The van der Waals surface area contributed by atoms with E-state index in [4.69, 9.17) is 4.98 Å². The second-order valence-electron chi connectivity index (χ2n) is 6.86. The zero-order chi connectivity index (χ0) is 17.7. The lowest BCUT2D eigenvalue weighted by atomic mass is 10.1. The number of hydrogen-bond donors (Lipinski definition) is 0. The van der Waals surface area contributed by atoms with Crippen LogP contribution in [0, 0.1) is 6.92 Å². The zero-order valence-corrected chi connectivity index (χ0v) is 15.0. The summed E-state index contributed by atoms with van der Waals surface area (Å²) in [5, 5.41) is 3.77. The normalized spacial score (nSPS) is 11.6. The van der Waals surface area contributed by atoms with Crippen molar-refractivity contribution in [1.29, 1.82) is 0 Å². The van der Waals surface area contributed by atoms with Crippen LogP contribution in [-0.2, 0) is 6.54 Å². The molecule has 3 aromatic carbocycles. The fourth-order valence-corrected chi connectivity index (χ4v) is 3.94. The quantitative estimate of drug-likeness (QED) is 0.368. The van der Waals surface area contributed by atoms with E-state index in [1.54, 1.807) is 0 Å². The summed E-state index contributed by atoms with van der Waals surface area (Å²) in [5.74, 6) is 0. The van der Waals surface area contributed by atoms with Gasteiger partial charge >= 0.3 is 0 Å². The molecule has 0 fully saturated rings. The Kier molecular flexibility index (Phi) is 3.32. The number of aryl methyl sites for hydroxylation is 2. The molecule has 0 aliphatic heterocycles. The second kappa shape index (κ2) is 5.70. The number of para-hydroxylation sites is 1. The minimum atomic E-state index is 0.930. The van der Waals surface area contributed by atoms with Crippen molar-refractivity contribution in [3.05, 3.63) is 78.4 Å². The van der Waals surface area contributed by atoms with Crippen LogP contribution in [0.2, 0.25) is 0 Å². The van der Waals surface area contributed by atoms with Crippen LogP contribution in [0.5, 0.6) is 0 Å². The van der Waals surface area contributed by atoms with Gasteiger partial charge in [0.05, 0.1) is 16.7 Å². The first-order valence-corrected chi connectivity index (χ1v) is 9.14. The highest BCUT2D eigenvalue weighted by molar-refractivity contribution is 6.16. The minimum Gasteiger partial charge on any atom is -0.339 e. The highest BCUT2D eigenvalue weighted by atomic mass is 15.0. The summed E-state index contributed by atoms with van der Waals surface area (Å²) in [4.78, 5) is 5.09. The number of pyridine rings is 1. The van der Waals surface area contributed by atoms with E-state index in [0.717, 1.165) is 23.3 Å². The molecule has 0 bridgehead atoms. The van der Waals surface area contributed by atoms with Crippen LogP contribution in [0.25, 0.3) is 44.0 Å². The summed E-state index contributed by atoms with van der Waals surface area (Å²) in [7, 11) is 0. The largest absolute Gasteiger partial charge is 0.339 e. The van der Waals surface area contributed by atoms with Gasteiger partial charge in [0.25, 0.3) is 0 Å². The molecule has 0 atom stereocenters. The predicted molar refractivity (Wildman–Crippen MR) is 111 cm³/mol. The van der Waals surface area contributed by atoms with E-state index in [2.05, 4.69) is 91.2 Å². The Labute approximate surface area is 152 Å². The van der Waals surface area contributed by atoms with E-state index in [9.17, 15) is 0 Å². The van der Waals surface area contributed by atoms with Gasteiger partial charge in [-0.1, -0.05) is 66.2 Å². The Balaban J connectivity index is 1.89. The van der Waals surface area contributed by atoms with Crippen molar-refractivity contribution in [1.82, 2.24) is 9.55 Å². The molecule has 0 spiro atoms. The molecule has 5 aromatic rings. The molecule has 0 aliphatic carbocycles. The Morgan fingerprint density at radius 1 is 0.808 bits per heavy atom. The summed E-state index contributed by atoms with van der Waals surface area (Å²) >= 11 is 0. The molecule has 0 radical (unpaired) electrons. The van der Waals surface area contributed by atoms with Gasteiger partial charge in [-0.3, -0.25) is 0 Å². The average Bonchev–Trinajstić information content (AvgIpc) is 3.02. The third-order valence-corrected chi connectivity index (χ3v) is 5.25. The molecule has 26 heavy (non-hydrogen) atoms. The molecule has 5 rings (SSSR count). The van der Waals surface area contributed by atoms with Gasteiger partial charge in [-0.25, -0.2) is 4.98 Å². The van der Waals surface area contributed by atoms with Crippen LogP contribution >= 0.6 is 0 Å². The monoisotopic (exact) mass is 336 g/mol. The zero-order valence-electron chi connectivity index (χ0n) is 15.0. The third-order valence-electron chi connectivity index (χ3n) is 5.25. The van der Waals surface area contributed by atoms with Crippen molar-refractivity contribution in [2.75, 3.05) is 0 Å². The Morgan fingerprint density at radius 2 is 1.58 bits per heavy atom. The molecule has 126 valence electrons. The standard InChI is InChI=1S/C24H20N2/c1-3-26-22-7-5-4-6-19(22)20-14-12-18-13-15-21(25-23(18)24(20)26)17-10-8-16(2)9-11-17/h4-15H,3H2,1-2H3. The molecular formula is C24H20N2. The van der Waals surface area contributed by atoms with Gasteiger partial charge in [-0.15, -0.1) is 0 Å². The van der Waals surface area contributed by atoms with Gasteiger partial charge in [-0.2, -0.15) is 0 Å². The summed E-state index contributed by atoms with van der Waals surface area (Å²) in [6.45, 7) is 5.24. The van der Waals surface area contributed by atoms with Crippen LogP contribution in [0.1, 0.15) is 12.5 Å². The average molecular weight is 336 g/mol. The molecule has 2 heterocycles. The van der Waals surface area contributed by atoms with Crippen LogP contribution in [0.4, 0.5) is 0 Å².